The number of carbonyl (C=O) groups excluding carboxylic acids is 1. The Balaban J connectivity index is 1.31. The van der Waals surface area contributed by atoms with Crippen molar-refractivity contribution < 1.29 is 23.4 Å². The number of amides is 1. The number of methoxy groups -OCH3 is 1. The summed E-state index contributed by atoms with van der Waals surface area (Å²) in [6.07, 6.45) is 2.91. The van der Waals surface area contributed by atoms with Crippen LogP contribution in [0.2, 0.25) is 0 Å². The number of anilines is 1. The van der Waals surface area contributed by atoms with Gasteiger partial charge in [0, 0.05) is 23.9 Å². The highest BCUT2D eigenvalue weighted by Gasteiger charge is 2.17. The molecule has 2 aromatic carbocycles. The summed E-state index contributed by atoms with van der Waals surface area (Å²) in [5.74, 6) is -0.166. The standard InChI is InChI=1S/C27H21FN6O4S/c1-14-4-18(25-21(5-14)33-24(36-3)12-31-25)26-34-20-7-19(28)22(8-23(20)39-26)38-15(2)13-37-27(35)32-17-6-16(9-29)10-30-11-17/h4-8,10-12,15H,13H2,1-3H3,(H,32,35)/t15-/m0/s1. The Morgan fingerprint density at radius 2 is 2.00 bits per heavy atom. The first kappa shape index (κ1) is 25.7. The first-order chi connectivity index (χ1) is 18.8. The molecule has 5 aromatic rings. The van der Waals surface area contributed by atoms with Crippen molar-refractivity contribution in [3.8, 4) is 28.3 Å². The second kappa shape index (κ2) is 10.8. The van der Waals surface area contributed by atoms with Crippen LogP contribution >= 0.6 is 11.3 Å². The quantitative estimate of drug-likeness (QED) is 0.276. The highest BCUT2D eigenvalue weighted by atomic mass is 32.1. The molecule has 0 aliphatic heterocycles. The van der Waals surface area contributed by atoms with Crippen molar-refractivity contribution in [3.05, 3.63) is 65.9 Å². The van der Waals surface area contributed by atoms with E-state index in [1.165, 1.54) is 43.0 Å². The number of nitriles is 1. The van der Waals surface area contributed by atoms with Gasteiger partial charge in [0.1, 0.15) is 23.8 Å². The van der Waals surface area contributed by atoms with Gasteiger partial charge in [-0.05, 0) is 37.6 Å². The van der Waals surface area contributed by atoms with E-state index in [1.54, 1.807) is 19.2 Å². The third-order valence-electron chi connectivity index (χ3n) is 5.54. The Labute approximate surface area is 226 Å². The van der Waals surface area contributed by atoms with Gasteiger partial charge in [0.25, 0.3) is 0 Å². The van der Waals surface area contributed by atoms with Crippen molar-refractivity contribution >= 4 is 44.4 Å². The number of hydrogen-bond acceptors (Lipinski definition) is 10. The molecule has 1 atom stereocenters. The van der Waals surface area contributed by atoms with E-state index in [0.717, 1.165) is 11.1 Å². The molecule has 10 nitrogen and oxygen atoms in total. The van der Waals surface area contributed by atoms with E-state index >= 15 is 0 Å². The van der Waals surface area contributed by atoms with E-state index in [9.17, 15) is 9.18 Å². The van der Waals surface area contributed by atoms with Crippen LogP contribution in [0.15, 0.2) is 48.9 Å². The Morgan fingerprint density at radius 1 is 1.15 bits per heavy atom. The maximum atomic E-state index is 14.9. The van der Waals surface area contributed by atoms with E-state index in [1.807, 2.05) is 25.1 Å². The van der Waals surface area contributed by atoms with E-state index in [2.05, 4.69) is 25.3 Å². The van der Waals surface area contributed by atoms with Crippen molar-refractivity contribution in [1.82, 2.24) is 19.9 Å². The van der Waals surface area contributed by atoms with Gasteiger partial charge in [-0.2, -0.15) is 5.26 Å². The van der Waals surface area contributed by atoms with Gasteiger partial charge in [0.05, 0.1) is 52.0 Å². The molecule has 3 aromatic heterocycles. The van der Waals surface area contributed by atoms with Crippen LogP contribution in [0.5, 0.6) is 11.6 Å². The summed E-state index contributed by atoms with van der Waals surface area (Å²) in [6, 6.07) is 10.2. The summed E-state index contributed by atoms with van der Waals surface area (Å²) >= 11 is 1.38. The van der Waals surface area contributed by atoms with Crippen LogP contribution in [0.3, 0.4) is 0 Å². The molecule has 0 aliphatic carbocycles. The second-order valence-electron chi connectivity index (χ2n) is 8.59. The van der Waals surface area contributed by atoms with Gasteiger partial charge in [-0.15, -0.1) is 11.3 Å². The molecule has 1 N–H and O–H groups in total. The fraction of sp³-hybridized carbons (Fsp3) is 0.185. The van der Waals surface area contributed by atoms with Crippen molar-refractivity contribution in [2.45, 2.75) is 20.0 Å². The number of nitrogens with one attached hydrogen (secondary N) is 1. The molecular weight excluding hydrogens is 523 g/mol. The zero-order valence-corrected chi connectivity index (χ0v) is 21.9. The van der Waals surface area contributed by atoms with Crippen LogP contribution in [-0.2, 0) is 4.74 Å². The first-order valence-electron chi connectivity index (χ1n) is 11.7. The fourth-order valence-corrected chi connectivity index (χ4v) is 4.80. The van der Waals surface area contributed by atoms with Crippen molar-refractivity contribution in [3.63, 3.8) is 0 Å². The smallest absolute Gasteiger partial charge is 0.411 e. The zero-order valence-electron chi connectivity index (χ0n) is 21.1. The summed E-state index contributed by atoms with van der Waals surface area (Å²) in [5.41, 5.74) is 4.19. The lowest BCUT2D eigenvalue weighted by molar-refractivity contribution is 0.0969. The third-order valence-corrected chi connectivity index (χ3v) is 6.59. The maximum Gasteiger partial charge on any atom is 0.411 e. The molecule has 12 heteroatoms. The Kier molecular flexibility index (Phi) is 7.16. The minimum absolute atomic E-state index is 0.0127. The Bertz CT molecular complexity index is 1750. The number of nitrogens with zero attached hydrogens (tertiary/aromatic N) is 5. The summed E-state index contributed by atoms with van der Waals surface area (Å²) in [5, 5.41) is 12.1. The van der Waals surface area contributed by atoms with E-state index in [-0.39, 0.29) is 12.4 Å². The fourth-order valence-electron chi connectivity index (χ4n) is 3.81. The minimum Gasteiger partial charge on any atom is -0.484 e. The average Bonchev–Trinajstić information content (AvgIpc) is 3.33. The molecule has 0 unspecified atom stereocenters. The Hall–Kier alpha value is -4.89. The highest BCUT2D eigenvalue weighted by Crippen LogP contribution is 2.37. The number of halogens is 1. The lowest BCUT2D eigenvalue weighted by atomic mass is 10.1. The summed E-state index contributed by atoms with van der Waals surface area (Å²) in [6.45, 7) is 3.46. The predicted octanol–water partition coefficient (Wildman–Crippen LogP) is 5.65. The predicted molar refractivity (Wildman–Crippen MR) is 143 cm³/mol. The van der Waals surface area contributed by atoms with Gasteiger partial charge in [0.15, 0.2) is 11.6 Å². The number of aromatic nitrogens is 4. The monoisotopic (exact) mass is 544 g/mol. The molecular formula is C27H21FN6O4S. The minimum atomic E-state index is -0.753. The molecule has 0 spiro atoms. The number of fused-ring (bicyclic) bond motifs is 2. The van der Waals surface area contributed by atoms with Crippen LogP contribution in [0.4, 0.5) is 14.9 Å². The summed E-state index contributed by atoms with van der Waals surface area (Å²) in [7, 11) is 1.53. The number of aryl methyl sites for hydroxylation is 1. The van der Waals surface area contributed by atoms with Gasteiger partial charge in [0.2, 0.25) is 5.88 Å². The van der Waals surface area contributed by atoms with Crippen LogP contribution in [-0.4, -0.2) is 45.8 Å². The number of hydrogen-bond donors (Lipinski definition) is 1. The molecule has 39 heavy (non-hydrogen) atoms. The first-order valence-corrected chi connectivity index (χ1v) is 12.5. The van der Waals surface area contributed by atoms with Crippen molar-refractivity contribution in [1.29, 1.82) is 5.26 Å². The molecule has 0 bridgehead atoms. The normalized spacial score (nSPS) is 11.7. The van der Waals surface area contributed by atoms with E-state index in [0.29, 0.717) is 43.4 Å². The largest absolute Gasteiger partial charge is 0.484 e. The molecule has 196 valence electrons. The number of carbonyl (C=O) groups is 1. The lowest BCUT2D eigenvalue weighted by Gasteiger charge is -2.15. The number of benzene rings is 2. The summed E-state index contributed by atoms with van der Waals surface area (Å²) in [4.78, 5) is 29.6. The maximum absolute atomic E-state index is 14.9. The van der Waals surface area contributed by atoms with E-state index < -0.39 is 18.0 Å². The molecule has 3 heterocycles. The molecule has 0 fully saturated rings. The zero-order chi connectivity index (χ0) is 27.5. The van der Waals surface area contributed by atoms with E-state index in [4.69, 9.17) is 19.5 Å². The van der Waals surface area contributed by atoms with Crippen molar-refractivity contribution in [2.24, 2.45) is 0 Å². The molecule has 0 saturated heterocycles. The number of ether oxygens (including phenoxy) is 3. The topological polar surface area (TPSA) is 132 Å². The molecule has 0 radical (unpaired) electrons. The SMILES string of the molecule is COc1cnc2c(-c3nc4cc(F)c(O[C@@H](C)COC(=O)Nc5cncc(C#N)c5)cc4s3)cc(C)cc2n1. The summed E-state index contributed by atoms with van der Waals surface area (Å²) < 4.78 is 31.7. The van der Waals surface area contributed by atoms with Crippen LogP contribution < -0.4 is 14.8 Å². The van der Waals surface area contributed by atoms with Crippen LogP contribution in [0, 0.1) is 24.1 Å². The van der Waals surface area contributed by atoms with Crippen molar-refractivity contribution in [2.75, 3.05) is 19.0 Å². The van der Waals surface area contributed by atoms with Gasteiger partial charge in [-0.25, -0.2) is 24.1 Å². The van der Waals surface area contributed by atoms with Gasteiger partial charge in [-0.1, -0.05) is 0 Å². The lowest BCUT2D eigenvalue weighted by Crippen LogP contribution is -2.24. The van der Waals surface area contributed by atoms with Gasteiger partial charge >= 0.3 is 6.09 Å². The highest BCUT2D eigenvalue weighted by molar-refractivity contribution is 7.21. The van der Waals surface area contributed by atoms with Crippen LogP contribution in [0.1, 0.15) is 18.1 Å². The molecule has 0 aliphatic rings. The average molecular weight is 545 g/mol. The third kappa shape index (κ3) is 5.68. The molecule has 0 saturated carbocycles. The molecule has 5 rings (SSSR count). The molecule has 1 amide bonds. The number of thiazole rings is 1. The Morgan fingerprint density at radius 3 is 2.79 bits per heavy atom. The van der Waals surface area contributed by atoms with Gasteiger partial charge < -0.3 is 14.2 Å². The second-order valence-corrected chi connectivity index (χ2v) is 9.62. The number of rotatable bonds is 7. The number of pyridine rings is 1. The van der Waals surface area contributed by atoms with Crippen LogP contribution in [0.25, 0.3) is 31.8 Å². The van der Waals surface area contributed by atoms with Gasteiger partial charge in [-0.3, -0.25) is 10.3 Å².